The molecular weight excluding hydrogens is 272 g/mol. The fourth-order valence-corrected chi connectivity index (χ4v) is 1.61. The molecule has 1 N–H and O–H groups in total. The lowest BCUT2D eigenvalue weighted by atomic mass is 10.3. The monoisotopic (exact) mass is 282 g/mol. The van der Waals surface area contributed by atoms with Gasteiger partial charge in [-0.15, -0.1) is 5.06 Å². The maximum Gasteiger partial charge on any atom is 0.359 e. The Kier molecular flexibility index (Phi) is 3.78. The molecule has 1 atom stereocenters. The first-order valence-electron chi connectivity index (χ1n) is 5.71. The Balaban J connectivity index is 1.81. The van der Waals surface area contributed by atoms with Crippen LogP contribution in [-0.4, -0.2) is 40.8 Å². The molecule has 2 saturated heterocycles. The fraction of sp³-hybridized carbons (Fsp3) is 0.364. The standard InChI is InChI=1S/C11H10N2O7/c14-7-5-6(11(18)12-7)19-4-3-10(17)20-13-8(15)1-2-9(13)16/h3-4,6H,1-2,5H2,(H,12,14,18)/b4-3+. The minimum atomic E-state index is -1.00. The third-order valence-corrected chi connectivity index (χ3v) is 2.56. The number of carbonyl (C=O) groups excluding carboxylic acids is 5. The van der Waals surface area contributed by atoms with Crippen molar-refractivity contribution in [2.45, 2.75) is 25.4 Å². The maximum absolute atomic E-state index is 11.3. The molecule has 2 aliphatic rings. The number of hydrogen-bond donors (Lipinski definition) is 1. The molecule has 106 valence electrons. The fourth-order valence-electron chi connectivity index (χ4n) is 1.61. The van der Waals surface area contributed by atoms with Crippen LogP contribution in [0, 0.1) is 0 Å². The molecule has 20 heavy (non-hydrogen) atoms. The van der Waals surface area contributed by atoms with Gasteiger partial charge in [-0.1, -0.05) is 0 Å². The van der Waals surface area contributed by atoms with Crippen LogP contribution in [0.5, 0.6) is 0 Å². The largest absolute Gasteiger partial charge is 0.487 e. The first kappa shape index (κ1) is 13.7. The van der Waals surface area contributed by atoms with Gasteiger partial charge in [0.05, 0.1) is 18.8 Å². The van der Waals surface area contributed by atoms with Gasteiger partial charge in [-0.2, -0.15) is 0 Å². The van der Waals surface area contributed by atoms with Gasteiger partial charge in [0.25, 0.3) is 17.7 Å². The van der Waals surface area contributed by atoms with Crippen molar-refractivity contribution in [2.24, 2.45) is 0 Å². The summed E-state index contributed by atoms with van der Waals surface area (Å²) in [5.41, 5.74) is 0. The van der Waals surface area contributed by atoms with Crippen LogP contribution >= 0.6 is 0 Å². The zero-order valence-corrected chi connectivity index (χ0v) is 10.2. The summed E-state index contributed by atoms with van der Waals surface area (Å²) in [7, 11) is 0. The Bertz CT molecular complexity index is 509. The predicted octanol–water partition coefficient (Wildman–Crippen LogP) is -1.46. The van der Waals surface area contributed by atoms with Crippen molar-refractivity contribution in [3.8, 4) is 0 Å². The molecule has 2 heterocycles. The molecule has 2 aliphatic heterocycles. The first-order chi connectivity index (χ1) is 9.47. The number of rotatable bonds is 4. The maximum atomic E-state index is 11.3. The van der Waals surface area contributed by atoms with Crippen molar-refractivity contribution in [2.75, 3.05) is 0 Å². The van der Waals surface area contributed by atoms with Gasteiger partial charge in [0, 0.05) is 12.8 Å². The zero-order chi connectivity index (χ0) is 14.7. The van der Waals surface area contributed by atoms with Gasteiger partial charge in [-0.25, -0.2) is 4.79 Å². The highest BCUT2D eigenvalue weighted by atomic mass is 16.7. The summed E-state index contributed by atoms with van der Waals surface area (Å²) < 4.78 is 4.87. The zero-order valence-electron chi connectivity index (χ0n) is 10.2. The smallest absolute Gasteiger partial charge is 0.359 e. The summed E-state index contributed by atoms with van der Waals surface area (Å²) in [6.07, 6.45) is 0.529. The highest BCUT2D eigenvalue weighted by molar-refractivity contribution is 6.05. The van der Waals surface area contributed by atoms with Crippen LogP contribution in [0.25, 0.3) is 0 Å². The Labute approximate surface area is 112 Å². The molecule has 0 aromatic heterocycles. The number of amides is 4. The van der Waals surface area contributed by atoms with E-state index in [9.17, 15) is 24.0 Å². The SMILES string of the molecule is O=C1CC(O/C=C/C(=O)ON2C(=O)CCC2=O)C(=O)N1. The van der Waals surface area contributed by atoms with Crippen LogP contribution in [0.4, 0.5) is 0 Å². The van der Waals surface area contributed by atoms with E-state index in [0.29, 0.717) is 5.06 Å². The van der Waals surface area contributed by atoms with E-state index >= 15 is 0 Å². The molecule has 0 spiro atoms. The highest BCUT2D eigenvalue weighted by Crippen LogP contribution is 2.12. The van der Waals surface area contributed by atoms with E-state index in [2.05, 4.69) is 4.84 Å². The van der Waals surface area contributed by atoms with Crippen molar-refractivity contribution in [1.29, 1.82) is 0 Å². The van der Waals surface area contributed by atoms with E-state index in [0.717, 1.165) is 12.3 Å². The van der Waals surface area contributed by atoms with Gasteiger partial charge >= 0.3 is 5.97 Å². The molecule has 0 bridgehead atoms. The second kappa shape index (κ2) is 5.51. The van der Waals surface area contributed by atoms with Crippen molar-refractivity contribution >= 4 is 29.6 Å². The number of carbonyl (C=O) groups is 5. The summed E-state index contributed by atoms with van der Waals surface area (Å²) in [5, 5.41) is 2.41. The first-order valence-corrected chi connectivity index (χ1v) is 5.71. The van der Waals surface area contributed by atoms with Crippen LogP contribution < -0.4 is 5.32 Å². The molecule has 4 amide bonds. The second-order valence-corrected chi connectivity index (χ2v) is 4.04. The Morgan fingerprint density at radius 2 is 1.85 bits per heavy atom. The molecule has 0 aliphatic carbocycles. The molecule has 9 heteroatoms. The van der Waals surface area contributed by atoms with Crippen LogP contribution in [-0.2, 0) is 33.5 Å². The third kappa shape index (κ3) is 2.99. The number of nitrogens with zero attached hydrogens (tertiary/aromatic N) is 1. The molecule has 2 rings (SSSR count). The molecule has 0 radical (unpaired) electrons. The lowest BCUT2D eigenvalue weighted by molar-refractivity contribution is -0.193. The van der Waals surface area contributed by atoms with Crippen molar-refractivity contribution in [1.82, 2.24) is 10.4 Å². The van der Waals surface area contributed by atoms with Crippen LogP contribution in [0.2, 0.25) is 0 Å². The third-order valence-electron chi connectivity index (χ3n) is 2.56. The quantitative estimate of drug-likeness (QED) is 0.380. The molecule has 9 nitrogen and oxygen atoms in total. The van der Waals surface area contributed by atoms with E-state index in [-0.39, 0.29) is 19.3 Å². The van der Waals surface area contributed by atoms with Gasteiger partial charge in [0.2, 0.25) is 5.91 Å². The average Bonchev–Trinajstić information content (AvgIpc) is 2.86. The highest BCUT2D eigenvalue weighted by Gasteiger charge is 2.33. The summed E-state index contributed by atoms with van der Waals surface area (Å²) in [6.45, 7) is 0. The Morgan fingerprint density at radius 1 is 1.20 bits per heavy atom. The number of hydrogen-bond acceptors (Lipinski definition) is 7. The summed E-state index contributed by atoms with van der Waals surface area (Å²) in [5.74, 6) is -3.27. The topological polar surface area (TPSA) is 119 Å². The summed E-state index contributed by atoms with van der Waals surface area (Å²) in [6, 6.07) is 0. The minimum Gasteiger partial charge on any atom is -0.487 e. The minimum absolute atomic E-state index is 0.00329. The predicted molar refractivity (Wildman–Crippen MR) is 59.0 cm³/mol. The van der Waals surface area contributed by atoms with Crippen molar-refractivity contribution in [3.63, 3.8) is 0 Å². The molecule has 1 unspecified atom stereocenters. The van der Waals surface area contributed by atoms with Gasteiger partial charge in [-0.05, 0) is 0 Å². The molecule has 0 aromatic rings. The second-order valence-electron chi connectivity index (χ2n) is 4.04. The average molecular weight is 282 g/mol. The number of imide groups is 2. The van der Waals surface area contributed by atoms with Gasteiger partial charge < -0.3 is 9.57 Å². The van der Waals surface area contributed by atoms with E-state index in [4.69, 9.17) is 4.74 Å². The van der Waals surface area contributed by atoms with E-state index in [1.165, 1.54) is 0 Å². The van der Waals surface area contributed by atoms with Gasteiger partial charge in [0.15, 0.2) is 6.10 Å². The number of hydroxylamine groups is 2. The number of ether oxygens (including phenoxy) is 1. The van der Waals surface area contributed by atoms with Crippen LogP contribution in [0.15, 0.2) is 12.3 Å². The lowest BCUT2D eigenvalue weighted by Crippen LogP contribution is -2.31. The summed E-state index contributed by atoms with van der Waals surface area (Å²) in [4.78, 5) is 60.1. The van der Waals surface area contributed by atoms with Crippen LogP contribution in [0.1, 0.15) is 19.3 Å². The van der Waals surface area contributed by atoms with E-state index < -0.39 is 35.7 Å². The Hall–Kier alpha value is -2.71. The number of nitrogens with one attached hydrogen (secondary N) is 1. The van der Waals surface area contributed by atoms with Crippen molar-refractivity contribution in [3.05, 3.63) is 12.3 Å². The molecule has 2 fully saturated rings. The van der Waals surface area contributed by atoms with E-state index in [1.807, 2.05) is 5.32 Å². The van der Waals surface area contributed by atoms with Gasteiger partial charge in [-0.3, -0.25) is 24.5 Å². The lowest BCUT2D eigenvalue weighted by Gasteiger charge is -2.10. The summed E-state index contributed by atoms with van der Waals surface area (Å²) >= 11 is 0. The molecule has 0 aromatic carbocycles. The normalized spacial score (nSPS) is 22.6. The van der Waals surface area contributed by atoms with Gasteiger partial charge in [0.1, 0.15) is 0 Å². The molecule has 0 saturated carbocycles. The van der Waals surface area contributed by atoms with Crippen LogP contribution in [0.3, 0.4) is 0 Å². The van der Waals surface area contributed by atoms with E-state index in [1.54, 1.807) is 0 Å². The van der Waals surface area contributed by atoms with Crippen molar-refractivity contribution < 1.29 is 33.5 Å². The Morgan fingerprint density at radius 3 is 2.40 bits per heavy atom. The molecular formula is C11H10N2O7.